The molecular weight excluding hydrogens is 459 g/mol. The highest BCUT2D eigenvalue weighted by Crippen LogP contribution is 2.24. The predicted molar refractivity (Wildman–Crippen MR) is 108 cm³/mol. The van der Waals surface area contributed by atoms with Crippen molar-refractivity contribution in [2.24, 2.45) is 0 Å². The van der Waals surface area contributed by atoms with Gasteiger partial charge in [-0.2, -0.15) is 4.31 Å². The Morgan fingerprint density at radius 2 is 1.70 bits per heavy atom. The van der Waals surface area contributed by atoms with Crippen LogP contribution >= 0.6 is 11.6 Å². The Balaban J connectivity index is 1.78. The van der Waals surface area contributed by atoms with Crippen molar-refractivity contribution in [1.29, 1.82) is 0 Å². The van der Waals surface area contributed by atoms with E-state index in [1.807, 2.05) is 0 Å². The van der Waals surface area contributed by atoms with E-state index in [-0.39, 0.29) is 36.9 Å². The van der Waals surface area contributed by atoms with Crippen LogP contribution in [0.4, 0.5) is 10.1 Å². The average Bonchev–Trinajstić information content (AvgIpc) is 2.70. The monoisotopic (exact) mass is 476 g/mol. The molecule has 1 N–H and O–H groups in total. The third-order valence-electron chi connectivity index (χ3n) is 4.30. The lowest BCUT2D eigenvalue weighted by atomic mass is 10.3. The first kappa shape index (κ1) is 22.6. The first-order chi connectivity index (χ1) is 14.1. The lowest BCUT2D eigenvalue weighted by Gasteiger charge is -2.26. The quantitative estimate of drug-likeness (QED) is 0.682. The van der Waals surface area contributed by atoms with E-state index in [1.165, 1.54) is 24.3 Å². The molecule has 0 bridgehead atoms. The van der Waals surface area contributed by atoms with Crippen molar-refractivity contribution in [2.75, 3.05) is 37.4 Å². The number of ether oxygens (including phenoxy) is 1. The van der Waals surface area contributed by atoms with E-state index in [2.05, 4.69) is 5.32 Å². The van der Waals surface area contributed by atoms with Crippen LogP contribution in [0.15, 0.2) is 52.3 Å². The number of hydrogen-bond donors (Lipinski definition) is 1. The van der Waals surface area contributed by atoms with E-state index in [1.54, 1.807) is 0 Å². The molecular formula is C18H18ClFN2O6S2. The second-order valence-corrected chi connectivity index (χ2v) is 10.8. The molecule has 1 aliphatic rings. The van der Waals surface area contributed by atoms with Gasteiger partial charge in [-0.15, -0.1) is 0 Å². The Kier molecular flexibility index (Phi) is 6.78. The number of hydrogen-bond acceptors (Lipinski definition) is 6. The molecule has 1 aliphatic heterocycles. The lowest BCUT2D eigenvalue weighted by Crippen LogP contribution is -2.40. The van der Waals surface area contributed by atoms with Gasteiger partial charge in [0.25, 0.3) is 0 Å². The SMILES string of the molecule is O=C(CS(=O)(=O)c1ccc(Cl)cc1)Nc1ccc(F)c(S(=O)(=O)N2CCOCC2)c1. The standard InChI is InChI=1S/C18H18ClFN2O6S2/c19-13-1-4-15(5-2-13)29(24,25)12-18(23)21-14-3-6-16(20)17(11-14)30(26,27)22-7-9-28-10-8-22/h1-6,11H,7-10,12H2,(H,21,23). The topological polar surface area (TPSA) is 110 Å². The highest BCUT2D eigenvalue weighted by molar-refractivity contribution is 7.92. The number of rotatable bonds is 6. The van der Waals surface area contributed by atoms with E-state index in [9.17, 15) is 26.0 Å². The summed E-state index contributed by atoms with van der Waals surface area (Å²) in [6.07, 6.45) is 0. The van der Waals surface area contributed by atoms with Crippen molar-refractivity contribution >= 4 is 43.1 Å². The van der Waals surface area contributed by atoms with E-state index in [0.29, 0.717) is 5.02 Å². The van der Waals surface area contributed by atoms with Gasteiger partial charge < -0.3 is 10.1 Å². The first-order valence-electron chi connectivity index (χ1n) is 8.75. The number of halogens is 2. The molecule has 0 radical (unpaired) electrons. The second kappa shape index (κ2) is 8.98. The summed E-state index contributed by atoms with van der Waals surface area (Å²) in [7, 11) is -8.08. The summed E-state index contributed by atoms with van der Waals surface area (Å²) in [4.78, 5) is 11.5. The van der Waals surface area contributed by atoms with Gasteiger partial charge in [0.1, 0.15) is 16.5 Å². The number of carbonyl (C=O) groups excluding carboxylic acids is 1. The van der Waals surface area contributed by atoms with Crippen LogP contribution < -0.4 is 5.32 Å². The lowest BCUT2D eigenvalue weighted by molar-refractivity contribution is -0.113. The minimum absolute atomic E-state index is 0.0421. The molecule has 30 heavy (non-hydrogen) atoms. The molecule has 1 amide bonds. The molecule has 8 nitrogen and oxygen atoms in total. The number of sulfonamides is 1. The summed E-state index contributed by atoms with van der Waals surface area (Å²) in [5.74, 6) is -2.75. The Labute approximate surface area is 178 Å². The van der Waals surface area contributed by atoms with E-state index < -0.39 is 42.2 Å². The molecule has 1 fully saturated rings. The maximum absolute atomic E-state index is 14.2. The smallest absolute Gasteiger partial charge is 0.246 e. The number of morpholine rings is 1. The van der Waals surface area contributed by atoms with Gasteiger partial charge in [-0.25, -0.2) is 21.2 Å². The van der Waals surface area contributed by atoms with Crippen LogP contribution in [-0.2, 0) is 29.4 Å². The molecule has 0 saturated carbocycles. The minimum atomic E-state index is -4.14. The number of nitrogens with one attached hydrogen (secondary N) is 1. The number of amides is 1. The molecule has 0 unspecified atom stereocenters. The minimum Gasteiger partial charge on any atom is -0.379 e. The fourth-order valence-corrected chi connectivity index (χ4v) is 5.56. The van der Waals surface area contributed by atoms with Gasteiger partial charge in [0, 0.05) is 23.8 Å². The Hall–Kier alpha value is -2.05. The van der Waals surface area contributed by atoms with Gasteiger partial charge in [0.15, 0.2) is 9.84 Å². The number of carbonyl (C=O) groups is 1. The third-order valence-corrected chi connectivity index (χ3v) is 8.09. The van der Waals surface area contributed by atoms with Gasteiger partial charge in [0.05, 0.1) is 18.1 Å². The summed E-state index contributed by atoms with van der Waals surface area (Å²) < 4.78 is 70.5. The molecule has 162 valence electrons. The van der Waals surface area contributed by atoms with Crippen molar-refractivity contribution < 1.29 is 30.8 Å². The van der Waals surface area contributed by atoms with Crippen LogP contribution in [0.25, 0.3) is 0 Å². The van der Waals surface area contributed by atoms with E-state index >= 15 is 0 Å². The average molecular weight is 477 g/mol. The van der Waals surface area contributed by atoms with Crippen LogP contribution in [0, 0.1) is 5.82 Å². The fraction of sp³-hybridized carbons (Fsp3) is 0.278. The van der Waals surface area contributed by atoms with Crippen molar-refractivity contribution in [3.8, 4) is 0 Å². The highest BCUT2D eigenvalue weighted by atomic mass is 35.5. The molecule has 0 atom stereocenters. The van der Waals surface area contributed by atoms with Gasteiger partial charge >= 0.3 is 0 Å². The van der Waals surface area contributed by atoms with Gasteiger partial charge in [-0.05, 0) is 42.5 Å². The van der Waals surface area contributed by atoms with E-state index in [0.717, 1.165) is 22.5 Å². The third kappa shape index (κ3) is 5.16. The first-order valence-corrected chi connectivity index (χ1v) is 12.2. The zero-order valence-corrected chi connectivity index (χ0v) is 17.9. The van der Waals surface area contributed by atoms with Crippen molar-refractivity contribution in [3.05, 3.63) is 53.3 Å². The van der Waals surface area contributed by atoms with Crippen molar-refractivity contribution in [3.63, 3.8) is 0 Å². The molecule has 12 heteroatoms. The van der Waals surface area contributed by atoms with Crippen LogP contribution in [0.2, 0.25) is 5.02 Å². The molecule has 0 aromatic heterocycles. The second-order valence-electron chi connectivity index (χ2n) is 6.42. The molecule has 0 aliphatic carbocycles. The largest absolute Gasteiger partial charge is 0.379 e. The van der Waals surface area contributed by atoms with Crippen molar-refractivity contribution in [2.45, 2.75) is 9.79 Å². The zero-order chi connectivity index (χ0) is 21.9. The van der Waals surface area contributed by atoms with Crippen LogP contribution in [0.3, 0.4) is 0 Å². The predicted octanol–water partition coefficient (Wildman–Crippen LogP) is 1.91. The molecule has 2 aromatic rings. The number of benzene rings is 2. The number of anilines is 1. The Bertz CT molecular complexity index is 1150. The van der Waals surface area contributed by atoms with Crippen LogP contribution in [0.5, 0.6) is 0 Å². The number of nitrogens with zero attached hydrogens (tertiary/aromatic N) is 1. The van der Waals surface area contributed by atoms with E-state index in [4.69, 9.17) is 16.3 Å². The molecule has 1 heterocycles. The van der Waals surface area contributed by atoms with Gasteiger partial charge in [-0.1, -0.05) is 11.6 Å². The van der Waals surface area contributed by atoms with Crippen molar-refractivity contribution in [1.82, 2.24) is 4.31 Å². The van der Waals surface area contributed by atoms with Crippen LogP contribution in [-0.4, -0.2) is 59.1 Å². The summed E-state index contributed by atoms with van der Waals surface area (Å²) in [6, 6.07) is 8.33. The molecule has 2 aromatic carbocycles. The summed E-state index contributed by atoms with van der Waals surface area (Å²) >= 11 is 5.73. The maximum Gasteiger partial charge on any atom is 0.246 e. The zero-order valence-electron chi connectivity index (χ0n) is 15.5. The van der Waals surface area contributed by atoms with Crippen LogP contribution in [0.1, 0.15) is 0 Å². The van der Waals surface area contributed by atoms with Gasteiger partial charge in [0.2, 0.25) is 15.9 Å². The fourth-order valence-electron chi connectivity index (χ4n) is 2.80. The number of sulfone groups is 1. The summed E-state index contributed by atoms with van der Waals surface area (Å²) in [5, 5.41) is 2.65. The molecule has 0 spiro atoms. The Morgan fingerprint density at radius 3 is 2.33 bits per heavy atom. The van der Waals surface area contributed by atoms with Gasteiger partial charge in [-0.3, -0.25) is 4.79 Å². The molecule has 3 rings (SSSR count). The summed E-state index contributed by atoms with van der Waals surface area (Å²) in [5.41, 5.74) is -0.0421. The highest BCUT2D eigenvalue weighted by Gasteiger charge is 2.29. The maximum atomic E-state index is 14.2. The summed E-state index contributed by atoms with van der Waals surface area (Å²) in [6.45, 7) is 0.551. The molecule has 1 saturated heterocycles. The Morgan fingerprint density at radius 1 is 1.07 bits per heavy atom. The normalized spacial score (nSPS) is 15.7.